The van der Waals surface area contributed by atoms with Gasteiger partial charge in [0.25, 0.3) is 0 Å². The van der Waals surface area contributed by atoms with Crippen LogP contribution in [0.4, 0.5) is 0 Å². The minimum absolute atomic E-state index is 0.0617. The van der Waals surface area contributed by atoms with Crippen LogP contribution >= 0.6 is 0 Å². The zero-order valence-electron chi connectivity index (χ0n) is 11.2. The van der Waals surface area contributed by atoms with E-state index in [0.29, 0.717) is 12.2 Å². The van der Waals surface area contributed by atoms with Crippen LogP contribution in [0.3, 0.4) is 0 Å². The SMILES string of the molecule is Cc1ccc(OS(=O)(=O)C2CC2c2ccccc2)cc1. The largest absolute Gasteiger partial charge is 0.382 e. The lowest BCUT2D eigenvalue weighted by Gasteiger charge is -2.07. The average molecular weight is 288 g/mol. The van der Waals surface area contributed by atoms with Crippen LogP contribution < -0.4 is 4.18 Å². The van der Waals surface area contributed by atoms with E-state index in [2.05, 4.69) is 0 Å². The van der Waals surface area contributed by atoms with E-state index in [9.17, 15) is 8.42 Å². The zero-order chi connectivity index (χ0) is 14.2. The Morgan fingerprint density at radius 1 is 1.00 bits per heavy atom. The van der Waals surface area contributed by atoms with Crippen molar-refractivity contribution in [1.82, 2.24) is 0 Å². The third-order valence-corrected chi connectivity index (χ3v) is 5.25. The normalized spacial score (nSPS) is 21.4. The topological polar surface area (TPSA) is 43.4 Å². The molecule has 2 atom stereocenters. The minimum Gasteiger partial charge on any atom is -0.382 e. The molecule has 0 bridgehead atoms. The fraction of sp³-hybridized carbons (Fsp3) is 0.250. The van der Waals surface area contributed by atoms with Gasteiger partial charge < -0.3 is 4.18 Å². The molecule has 2 unspecified atom stereocenters. The Balaban J connectivity index is 1.73. The molecule has 1 fully saturated rings. The van der Waals surface area contributed by atoms with Crippen LogP contribution in [-0.4, -0.2) is 13.7 Å². The maximum atomic E-state index is 12.2. The molecule has 0 aliphatic heterocycles. The zero-order valence-corrected chi connectivity index (χ0v) is 12.0. The van der Waals surface area contributed by atoms with Crippen LogP contribution in [0.1, 0.15) is 23.5 Å². The first-order valence-electron chi connectivity index (χ1n) is 6.61. The number of hydrogen-bond donors (Lipinski definition) is 0. The van der Waals surface area contributed by atoms with Crippen LogP contribution in [0.15, 0.2) is 54.6 Å². The lowest BCUT2D eigenvalue weighted by Crippen LogP contribution is -2.16. The first-order valence-corrected chi connectivity index (χ1v) is 8.08. The van der Waals surface area contributed by atoms with Gasteiger partial charge in [0.15, 0.2) is 0 Å². The van der Waals surface area contributed by atoms with Gasteiger partial charge in [0.1, 0.15) is 11.0 Å². The molecule has 0 N–H and O–H groups in total. The van der Waals surface area contributed by atoms with Crippen LogP contribution in [0.2, 0.25) is 0 Å². The van der Waals surface area contributed by atoms with Crippen molar-refractivity contribution in [2.24, 2.45) is 0 Å². The van der Waals surface area contributed by atoms with Crippen molar-refractivity contribution >= 4 is 10.1 Å². The summed E-state index contributed by atoms with van der Waals surface area (Å²) in [7, 11) is -3.55. The molecule has 0 saturated heterocycles. The monoisotopic (exact) mass is 288 g/mol. The lowest BCUT2D eigenvalue weighted by atomic mass is 10.1. The molecule has 3 rings (SSSR count). The molecule has 0 heterocycles. The smallest absolute Gasteiger partial charge is 0.312 e. The second-order valence-electron chi connectivity index (χ2n) is 5.18. The van der Waals surface area contributed by atoms with Crippen molar-refractivity contribution in [3.63, 3.8) is 0 Å². The first-order chi connectivity index (χ1) is 9.56. The van der Waals surface area contributed by atoms with Gasteiger partial charge in [-0.15, -0.1) is 0 Å². The van der Waals surface area contributed by atoms with Gasteiger partial charge >= 0.3 is 10.1 Å². The highest BCUT2D eigenvalue weighted by atomic mass is 32.2. The molecule has 1 saturated carbocycles. The van der Waals surface area contributed by atoms with E-state index < -0.39 is 15.4 Å². The molecule has 1 aliphatic carbocycles. The molecular formula is C16H16O3S. The van der Waals surface area contributed by atoms with E-state index in [1.54, 1.807) is 12.1 Å². The number of rotatable bonds is 4. The predicted molar refractivity (Wildman–Crippen MR) is 78.3 cm³/mol. The van der Waals surface area contributed by atoms with Gasteiger partial charge in [-0.05, 0) is 31.0 Å². The predicted octanol–water partition coefficient (Wildman–Crippen LogP) is 3.26. The van der Waals surface area contributed by atoms with E-state index >= 15 is 0 Å². The molecule has 4 heteroatoms. The highest BCUT2D eigenvalue weighted by molar-refractivity contribution is 7.88. The molecule has 0 amide bonds. The number of aryl methyl sites for hydroxylation is 1. The summed E-state index contributed by atoms with van der Waals surface area (Å²) in [5, 5.41) is -0.425. The van der Waals surface area contributed by atoms with Crippen LogP contribution in [0, 0.1) is 6.92 Å². The Labute approximate surface area is 119 Å². The van der Waals surface area contributed by atoms with E-state index in [1.165, 1.54) is 0 Å². The van der Waals surface area contributed by atoms with Gasteiger partial charge in [-0.2, -0.15) is 8.42 Å². The van der Waals surface area contributed by atoms with Gasteiger partial charge in [0.2, 0.25) is 0 Å². The van der Waals surface area contributed by atoms with Crippen LogP contribution in [-0.2, 0) is 10.1 Å². The molecule has 3 nitrogen and oxygen atoms in total. The van der Waals surface area contributed by atoms with Crippen molar-refractivity contribution in [1.29, 1.82) is 0 Å². The van der Waals surface area contributed by atoms with Crippen LogP contribution in [0.25, 0.3) is 0 Å². The molecule has 2 aromatic carbocycles. The average Bonchev–Trinajstić information content (AvgIpc) is 3.23. The summed E-state index contributed by atoms with van der Waals surface area (Å²) in [5.74, 6) is 0.445. The molecule has 0 radical (unpaired) electrons. The maximum absolute atomic E-state index is 12.2. The number of hydrogen-bond acceptors (Lipinski definition) is 3. The third kappa shape index (κ3) is 2.70. The quantitative estimate of drug-likeness (QED) is 0.811. The summed E-state index contributed by atoms with van der Waals surface area (Å²) in [6.45, 7) is 1.95. The molecule has 0 spiro atoms. The maximum Gasteiger partial charge on any atom is 0.312 e. The van der Waals surface area contributed by atoms with E-state index in [-0.39, 0.29) is 5.92 Å². The standard InChI is InChI=1S/C16H16O3S/c1-12-7-9-14(10-8-12)19-20(17,18)16-11-15(16)13-5-3-2-4-6-13/h2-10,15-16H,11H2,1H3. The molecule has 1 aliphatic rings. The molecule has 2 aromatic rings. The van der Waals surface area contributed by atoms with E-state index in [1.807, 2.05) is 49.4 Å². The van der Waals surface area contributed by atoms with Gasteiger partial charge in [0, 0.05) is 5.92 Å². The fourth-order valence-corrected chi connectivity index (χ4v) is 3.84. The summed E-state index contributed by atoms with van der Waals surface area (Å²) < 4.78 is 29.6. The molecular weight excluding hydrogens is 272 g/mol. The van der Waals surface area contributed by atoms with Gasteiger partial charge in [-0.1, -0.05) is 48.0 Å². The van der Waals surface area contributed by atoms with Gasteiger partial charge in [-0.3, -0.25) is 0 Å². The third-order valence-electron chi connectivity index (χ3n) is 3.56. The Hall–Kier alpha value is -1.81. The van der Waals surface area contributed by atoms with Gasteiger partial charge in [0.05, 0.1) is 0 Å². The summed E-state index contributed by atoms with van der Waals surface area (Å²) >= 11 is 0. The molecule has 20 heavy (non-hydrogen) atoms. The second-order valence-corrected chi connectivity index (χ2v) is 6.94. The Bertz CT molecular complexity index is 690. The highest BCUT2D eigenvalue weighted by Crippen LogP contribution is 2.46. The molecule has 0 aromatic heterocycles. The summed E-state index contributed by atoms with van der Waals surface area (Å²) in [4.78, 5) is 0. The van der Waals surface area contributed by atoms with Crippen molar-refractivity contribution < 1.29 is 12.6 Å². The highest BCUT2D eigenvalue weighted by Gasteiger charge is 2.49. The fourth-order valence-electron chi connectivity index (χ4n) is 2.33. The Kier molecular flexibility index (Phi) is 3.26. The summed E-state index contributed by atoms with van der Waals surface area (Å²) in [6.07, 6.45) is 0.637. The van der Waals surface area contributed by atoms with Crippen molar-refractivity contribution in [3.05, 3.63) is 65.7 Å². The lowest BCUT2D eigenvalue weighted by molar-refractivity contribution is 0.483. The summed E-state index contributed by atoms with van der Waals surface area (Å²) in [6, 6.07) is 16.8. The summed E-state index contributed by atoms with van der Waals surface area (Å²) in [5.41, 5.74) is 2.14. The Morgan fingerprint density at radius 2 is 1.65 bits per heavy atom. The van der Waals surface area contributed by atoms with Crippen LogP contribution in [0.5, 0.6) is 5.75 Å². The second kappa shape index (κ2) is 4.94. The van der Waals surface area contributed by atoms with Gasteiger partial charge in [-0.25, -0.2) is 0 Å². The van der Waals surface area contributed by atoms with Crippen molar-refractivity contribution in [2.45, 2.75) is 24.5 Å². The Morgan fingerprint density at radius 3 is 2.30 bits per heavy atom. The van der Waals surface area contributed by atoms with E-state index in [0.717, 1.165) is 11.1 Å². The van der Waals surface area contributed by atoms with Crippen molar-refractivity contribution in [3.8, 4) is 5.75 Å². The minimum atomic E-state index is -3.55. The van der Waals surface area contributed by atoms with Crippen molar-refractivity contribution in [2.75, 3.05) is 0 Å². The number of benzene rings is 2. The molecule has 104 valence electrons. The van der Waals surface area contributed by atoms with E-state index in [4.69, 9.17) is 4.18 Å². The first kappa shape index (κ1) is 13.2.